The smallest absolute Gasteiger partial charge is 0.101 e. The van der Waals surface area contributed by atoms with E-state index in [0.717, 1.165) is 19.6 Å². The van der Waals surface area contributed by atoms with Gasteiger partial charge in [-0.3, -0.25) is 0 Å². The molecule has 3 nitrogen and oxygen atoms in total. The molecule has 0 radical (unpaired) electrons. The Morgan fingerprint density at radius 3 is 1.23 bits per heavy atom. The second kappa shape index (κ2) is 29.9. The van der Waals surface area contributed by atoms with Crippen molar-refractivity contribution in [3.05, 3.63) is 12.2 Å². The molecular formula is C27H56ClNO2. The number of allylic oxidation sites excluding steroid dienone is 2. The summed E-state index contributed by atoms with van der Waals surface area (Å²) < 4.78 is 0. The summed E-state index contributed by atoms with van der Waals surface area (Å²) in [4.78, 5) is 1.34. The highest BCUT2D eigenvalue weighted by molar-refractivity contribution is 4.81. The van der Waals surface area contributed by atoms with Crippen LogP contribution in [0.2, 0.25) is 0 Å². The molecule has 0 heterocycles. The van der Waals surface area contributed by atoms with Crippen LogP contribution in [0.5, 0.6) is 0 Å². The van der Waals surface area contributed by atoms with Crippen molar-refractivity contribution in [2.45, 2.75) is 129 Å². The number of hydrogen-bond acceptors (Lipinski definition) is 2. The van der Waals surface area contributed by atoms with Crippen LogP contribution in [-0.2, 0) is 0 Å². The monoisotopic (exact) mass is 461 g/mol. The molecule has 0 rings (SSSR count). The molecule has 0 atom stereocenters. The van der Waals surface area contributed by atoms with Gasteiger partial charge in [-0.25, -0.2) is 0 Å². The van der Waals surface area contributed by atoms with Crippen LogP contribution in [0, 0.1) is 0 Å². The van der Waals surface area contributed by atoms with Crippen LogP contribution in [0.15, 0.2) is 12.2 Å². The summed E-state index contributed by atoms with van der Waals surface area (Å²) in [5, 5.41) is 18.1. The Hall–Kier alpha value is -0.0900. The highest BCUT2D eigenvalue weighted by Gasteiger charge is 2.05. The minimum absolute atomic E-state index is 0. The summed E-state index contributed by atoms with van der Waals surface area (Å²) in [5.41, 5.74) is 0. The number of aliphatic hydroxyl groups is 2. The summed E-state index contributed by atoms with van der Waals surface area (Å²) >= 11 is 0. The number of rotatable bonds is 25. The topological polar surface area (TPSA) is 44.9 Å². The van der Waals surface area contributed by atoms with Gasteiger partial charge < -0.3 is 27.5 Å². The molecule has 4 heteroatoms. The Kier molecular flexibility index (Phi) is 31.9. The molecule has 0 aromatic carbocycles. The third kappa shape index (κ3) is 27.9. The number of hydrogen-bond donors (Lipinski definition) is 3. The summed E-state index contributed by atoms with van der Waals surface area (Å²) in [6.07, 6.45) is 30.9. The molecule has 0 spiro atoms. The van der Waals surface area contributed by atoms with E-state index >= 15 is 0 Å². The molecule has 188 valence electrons. The van der Waals surface area contributed by atoms with Gasteiger partial charge in [-0.05, 0) is 38.5 Å². The average Bonchev–Trinajstić information content (AvgIpc) is 2.75. The van der Waals surface area contributed by atoms with Crippen molar-refractivity contribution in [3.8, 4) is 0 Å². The van der Waals surface area contributed by atoms with E-state index < -0.39 is 0 Å². The first-order chi connectivity index (χ1) is 14.8. The predicted octanol–water partition coefficient (Wildman–Crippen LogP) is 2.85. The van der Waals surface area contributed by atoms with Crippen LogP contribution in [0.1, 0.15) is 129 Å². The zero-order valence-corrected chi connectivity index (χ0v) is 21.7. The quantitative estimate of drug-likeness (QED) is 0.144. The van der Waals surface area contributed by atoms with E-state index in [1.54, 1.807) is 0 Å². The molecule has 0 amide bonds. The van der Waals surface area contributed by atoms with Crippen LogP contribution >= 0.6 is 0 Å². The van der Waals surface area contributed by atoms with Gasteiger partial charge in [0, 0.05) is 0 Å². The van der Waals surface area contributed by atoms with Crippen molar-refractivity contribution >= 4 is 0 Å². The van der Waals surface area contributed by atoms with Crippen molar-refractivity contribution in [2.24, 2.45) is 0 Å². The van der Waals surface area contributed by atoms with E-state index in [-0.39, 0.29) is 25.6 Å². The molecule has 0 aromatic rings. The Labute approximate surface area is 201 Å². The van der Waals surface area contributed by atoms with E-state index in [9.17, 15) is 0 Å². The highest BCUT2D eigenvalue weighted by Crippen LogP contribution is 2.12. The number of aliphatic hydroxyl groups excluding tert-OH is 2. The van der Waals surface area contributed by atoms with Crippen LogP contribution in [0.25, 0.3) is 0 Å². The summed E-state index contributed by atoms with van der Waals surface area (Å²) in [6, 6.07) is 0. The second-order valence-electron chi connectivity index (χ2n) is 9.15. The van der Waals surface area contributed by atoms with Crippen molar-refractivity contribution in [1.29, 1.82) is 0 Å². The first kappa shape index (κ1) is 33.1. The van der Waals surface area contributed by atoms with Crippen molar-refractivity contribution in [1.82, 2.24) is 0 Å². The molecule has 0 fully saturated rings. The van der Waals surface area contributed by atoms with Crippen LogP contribution in [-0.4, -0.2) is 43.1 Å². The molecule has 0 aliphatic heterocycles. The first-order valence-electron chi connectivity index (χ1n) is 13.6. The van der Waals surface area contributed by atoms with Gasteiger partial charge in [0.05, 0.1) is 19.8 Å². The number of nitrogens with one attached hydrogen (secondary N) is 1. The van der Waals surface area contributed by atoms with E-state index in [0.29, 0.717) is 0 Å². The fraction of sp³-hybridized carbons (Fsp3) is 0.926. The Bertz CT molecular complexity index is 333. The lowest BCUT2D eigenvalue weighted by Gasteiger charge is -2.17. The number of unbranched alkanes of at least 4 members (excludes halogenated alkanes) is 17. The van der Waals surface area contributed by atoms with Crippen molar-refractivity contribution < 1.29 is 27.5 Å². The van der Waals surface area contributed by atoms with E-state index in [2.05, 4.69) is 19.1 Å². The van der Waals surface area contributed by atoms with Gasteiger partial charge in [-0.15, -0.1) is 0 Å². The highest BCUT2D eigenvalue weighted by atomic mass is 35.5. The lowest BCUT2D eigenvalue weighted by molar-refractivity contribution is -0.901. The fourth-order valence-electron chi connectivity index (χ4n) is 4.20. The van der Waals surface area contributed by atoms with Gasteiger partial charge in [-0.2, -0.15) is 0 Å². The molecule has 0 saturated carbocycles. The zero-order valence-electron chi connectivity index (χ0n) is 20.9. The summed E-state index contributed by atoms with van der Waals surface area (Å²) in [5.74, 6) is 0. The molecule has 31 heavy (non-hydrogen) atoms. The van der Waals surface area contributed by atoms with Gasteiger partial charge in [0.25, 0.3) is 0 Å². The maximum Gasteiger partial charge on any atom is 0.101 e. The van der Waals surface area contributed by atoms with Gasteiger partial charge in [0.1, 0.15) is 13.1 Å². The molecule has 0 aliphatic rings. The summed E-state index contributed by atoms with van der Waals surface area (Å²) in [6.45, 7) is 5.38. The van der Waals surface area contributed by atoms with Gasteiger partial charge >= 0.3 is 0 Å². The molecule has 0 unspecified atom stereocenters. The minimum atomic E-state index is 0. The normalized spacial score (nSPS) is 11.5. The molecule has 0 saturated heterocycles. The predicted molar refractivity (Wildman–Crippen MR) is 132 cm³/mol. The molecule has 0 aromatic heterocycles. The Morgan fingerprint density at radius 2 is 0.839 bits per heavy atom. The molecule has 0 bridgehead atoms. The van der Waals surface area contributed by atoms with E-state index in [1.165, 1.54) is 127 Å². The number of quaternary nitrogens is 1. The van der Waals surface area contributed by atoms with Crippen molar-refractivity contribution in [2.75, 3.05) is 32.8 Å². The maximum atomic E-state index is 9.03. The lowest BCUT2D eigenvalue weighted by Crippen LogP contribution is -3.13. The Morgan fingerprint density at radius 1 is 0.484 bits per heavy atom. The first-order valence-corrected chi connectivity index (χ1v) is 13.6. The van der Waals surface area contributed by atoms with Gasteiger partial charge in [0.2, 0.25) is 0 Å². The molecule has 0 aliphatic carbocycles. The van der Waals surface area contributed by atoms with E-state index in [1.807, 2.05) is 0 Å². The van der Waals surface area contributed by atoms with Gasteiger partial charge in [0.15, 0.2) is 0 Å². The largest absolute Gasteiger partial charge is 1.00 e. The molecular weight excluding hydrogens is 406 g/mol. The second-order valence-corrected chi connectivity index (χ2v) is 9.15. The van der Waals surface area contributed by atoms with Gasteiger partial charge in [-0.1, -0.05) is 103 Å². The molecule has 3 N–H and O–H groups in total. The minimum Gasteiger partial charge on any atom is -1.00 e. The lowest BCUT2D eigenvalue weighted by atomic mass is 10.0. The third-order valence-electron chi connectivity index (χ3n) is 6.22. The Balaban J connectivity index is 0. The summed E-state index contributed by atoms with van der Waals surface area (Å²) in [7, 11) is 0. The fourth-order valence-corrected chi connectivity index (χ4v) is 4.20. The standard InChI is InChI=1S/C27H55NO2.ClH/c1-2-3-4-5-6-7-8-9-10-11-12-13-14-15-16-17-18-19-20-21-22-23-28(24-26-29)25-27-30;/h9-10,29-30H,2-8,11-27H2,1H3;1H/b10-9-;. The number of halogens is 1. The van der Waals surface area contributed by atoms with Crippen LogP contribution in [0.3, 0.4) is 0 Å². The average molecular weight is 462 g/mol. The van der Waals surface area contributed by atoms with E-state index in [4.69, 9.17) is 10.2 Å². The third-order valence-corrected chi connectivity index (χ3v) is 6.22. The van der Waals surface area contributed by atoms with Crippen molar-refractivity contribution in [3.63, 3.8) is 0 Å². The maximum absolute atomic E-state index is 9.03. The van der Waals surface area contributed by atoms with Crippen LogP contribution in [0.4, 0.5) is 0 Å². The van der Waals surface area contributed by atoms with Crippen LogP contribution < -0.4 is 17.3 Å². The zero-order chi connectivity index (χ0) is 22.0. The SMILES string of the molecule is CCCCCCCC/C=C\CCCCCCCCCCCCC[NH+](CCO)CCO.[Cl-].